The quantitative estimate of drug-likeness (QED) is 0.921. The third-order valence-corrected chi connectivity index (χ3v) is 4.64. The van der Waals surface area contributed by atoms with E-state index in [1.807, 2.05) is 13.1 Å². The predicted octanol–water partition coefficient (Wildman–Crippen LogP) is 2.33. The zero-order valence-electron chi connectivity index (χ0n) is 13.8. The van der Waals surface area contributed by atoms with Crippen molar-refractivity contribution in [1.82, 2.24) is 19.3 Å². The van der Waals surface area contributed by atoms with Gasteiger partial charge in [0.25, 0.3) is 0 Å². The molecule has 0 radical (unpaired) electrons. The molecule has 1 atom stereocenters. The van der Waals surface area contributed by atoms with Crippen LogP contribution in [0.5, 0.6) is 0 Å². The molecule has 0 aliphatic carbocycles. The number of fused-ring (bicyclic) bond motifs is 1. The Bertz CT molecular complexity index is 664. The van der Waals surface area contributed by atoms with Crippen molar-refractivity contribution < 1.29 is 0 Å². The lowest BCUT2D eigenvalue weighted by Crippen LogP contribution is -2.52. The molecule has 6 heteroatoms. The molecule has 3 rings (SSSR count). The van der Waals surface area contributed by atoms with Crippen LogP contribution in [0, 0.1) is 19.3 Å². The largest absolute Gasteiger partial charge is 0.327 e. The fourth-order valence-electron chi connectivity index (χ4n) is 3.36. The van der Waals surface area contributed by atoms with Gasteiger partial charge in [-0.3, -0.25) is 9.30 Å². The van der Waals surface area contributed by atoms with Crippen LogP contribution in [0.2, 0.25) is 0 Å². The van der Waals surface area contributed by atoms with E-state index in [9.17, 15) is 0 Å². The fourth-order valence-corrected chi connectivity index (χ4v) is 3.36. The first-order chi connectivity index (χ1) is 9.87. The van der Waals surface area contributed by atoms with E-state index >= 15 is 0 Å². The molecule has 1 fully saturated rings. The average molecular weight is 324 g/mol. The summed E-state index contributed by atoms with van der Waals surface area (Å²) in [5.74, 6) is 0.801. The van der Waals surface area contributed by atoms with Crippen LogP contribution >= 0.6 is 12.4 Å². The summed E-state index contributed by atoms with van der Waals surface area (Å²) in [5.41, 5.74) is 9.81. The number of nitrogens with two attached hydrogens (primary N) is 1. The van der Waals surface area contributed by atoms with E-state index in [2.05, 4.69) is 46.1 Å². The molecule has 0 saturated carbocycles. The zero-order chi connectivity index (χ0) is 15.2. The lowest BCUT2D eigenvalue weighted by atomic mass is 9.80. The van der Waals surface area contributed by atoms with E-state index in [4.69, 9.17) is 5.73 Å². The molecule has 0 bridgehead atoms. The standard InChI is InChI=1S/C16H25N5.ClH/c1-11-7-12(2)21-13(8-18-15(21)19-11)9-20-6-5-14(17)16(3,4)10-20;/h7-8,14H,5-6,9-10,17H2,1-4H3;1H. The van der Waals surface area contributed by atoms with Crippen LogP contribution in [-0.4, -0.2) is 38.4 Å². The minimum absolute atomic E-state index is 0. The molecule has 1 saturated heterocycles. The lowest BCUT2D eigenvalue weighted by molar-refractivity contribution is 0.0887. The molecule has 122 valence electrons. The van der Waals surface area contributed by atoms with Crippen LogP contribution in [0.1, 0.15) is 37.4 Å². The molecule has 1 aliphatic heterocycles. The molecule has 1 unspecified atom stereocenters. The Kier molecular flexibility index (Phi) is 4.80. The number of aromatic nitrogens is 3. The van der Waals surface area contributed by atoms with Crippen molar-refractivity contribution in [3.05, 3.63) is 29.3 Å². The number of piperidine rings is 1. The number of nitrogens with zero attached hydrogens (tertiary/aromatic N) is 4. The Morgan fingerprint density at radius 2 is 2.09 bits per heavy atom. The number of imidazole rings is 1. The fraction of sp³-hybridized carbons (Fsp3) is 0.625. The maximum absolute atomic E-state index is 6.23. The van der Waals surface area contributed by atoms with Crippen LogP contribution < -0.4 is 5.73 Å². The number of hydrogen-bond donors (Lipinski definition) is 1. The van der Waals surface area contributed by atoms with Crippen molar-refractivity contribution in [1.29, 1.82) is 0 Å². The molecule has 0 spiro atoms. The van der Waals surface area contributed by atoms with E-state index in [1.54, 1.807) is 0 Å². The van der Waals surface area contributed by atoms with Gasteiger partial charge in [0, 0.05) is 37.1 Å². The molecule has 2 aromatic heterocycles. The second-order valence-electron chi connectivity index (χ2n) is 7.02. The summed E-state index contributed by atoms with van der Waals surface area (Å²) in [4.78, 5) is 11.4. The van der Waals surface area contributed by atoms with Gasteiger partial charge in [-0.05, 0) is 31.7 Å². The average Bonchev–Trinajstić information content (AvgIpc) is 2.76. The topological polar surface area (TPSA) is 59.5 Å². The first-order valence-corrected chi connectivity index (χ1v) is 7.65. The second-order valence-corrected chi connectivity index (χ2v) is 7.02. The molecular weight excluding hydrogens is 298 g/mol. The summed E-state index contributed by atoms with van der Waals surface area (Å²) in [6.45, 7) is 11.6. The smallest absolute Gasteiger partial charge is 0.234 e. The highest BCUT2D eigenvalue weighted by Gasteiger charge is 2.33. The van der Waals surface area contributed by atoms with Crippen LogP contribution in [0.4, 0.5) is 0 Å². The SMILES string of the molecule is Cc1cc(C)n2c(CN3CCC(N)C(C)(C)C3)cnc2n1.Cl. The van der Waals surface area contributed by atoms with Gasteiger partial charge >= 0.3 is 0 Å². The number of aryl methyl sites for hydroxylation is 2. The Hall–Kier alpha value is -1.17. The lowest BCUT2D eigenvalue weighted by Gasteiger charge is -2.42. The number of halogens is 1. The van der Waals surface area contributed by atoms with Crippen molar-refractivity contribution in [2.24, 2.45) is 11.1 Å². The third-order valence-electron chi connectivity index (χ3n) is 4.64. The minimum atomic E-state index is 0. The molecule has 0 aromatic carbocycles. The van der Waals surface area contributed by atoms with Crippen molar-refractivity contribution in [2.45, 2.75) is 46.7 Å². The normalized spacial score (nSPS) is 21.8. The number of rotatable bonds is 2. The molecule has 2 aromatic rings. The monoisotopic (exact) mass is 323 g/mol. The zero-order valence-corrected chi connectivity index (χ0v) is 14.7. The van der Waals surface area contributed by atoms with Gasteiger partial charge in [-0.2, -0.15) is 0 Å². The third kappa shape index (κ3) is 3.12. The van der Waals surface area contributed by atoms with Crippen molar-refractivity contribution in [2.75, 3.05) is 13.1 Å². The Morgan fingerprint density at radius 1 is 1.36 bits per heavy atom. The predicted molar refractivity (Wildman–Crippen MR) is 91.4 cm³/mol. The second kappa shape index (κ2) is 6.14. The summed E-state index contributed by atoms with van der Waals surface area (Å²) in [6.07, 6.45) is 3.01. The van der Waals surface area contributed by atoms with Gasteiger partial charge in [-0.15, -0.1) is 12.4 Å². The van der Waals surface area contributed by atoms with Crippen LogP contribution in [0.25, 0.3) is 5.78 Å². The van der Waals surface area contributed by atoms with Crippen LogP contribution in [0.15, 0.2) is 12.3 Å². The summed E-state index contributed by atoms with van der Waals surface area (Å²) in [6, 6.07) is 2.40. The van der Waals surface area contributed by atoms with E-state index in [0.717, 1.165) is 37.5 Å². The first kappa shape index (κ1) is 17.2. The van der Waals surface area contributed by atoms with Gasteiger partial charge in [-0.1, -0.05) is 13.8 Å². The van der Waals surface area contributed by atoms with Crippen LogP contribution in [-0.2, 0) is 6.54 Å². The van der Waals surface area contributed by atoms with Crippen LogP contribution in [0.3, 0.4) is 0 Å². The maximum atomic E-state index is 6.23. The van der Waals surface area contributed by atoms with Gasteiger partial charge in [-0.25, -0.2) is 9.97 Å². The molecule has 1 aliphatic rings. The molecule has 22 heavy (non-hydrogen) atoms. The van der Waals surface area contributed by atoms with Gasteiger partial charge in [0.05, 0.1) is 11.9 Å². The van der Waals surface area contributed by atoms with E-state index < -0.39 is 0 Å². The van der Waals surface area contributed by atoms with Gasteiger partial charge in [0.15, 0.2) is 0 Å². The number of likely N-dealkylation sites (tertiary alicyclic amines) is 1. The van der Waals surface area contributed by atoms with E-state index in [1.165, 1.54) is 11.4 Å². The highest BCUT2D eigenvalue weighted by molar-refractivity contribution is 5.85. The minimum Gasteiger partial charge on any atom is -0.327 e. The Morgan fingerprint density at radius 3 is 2.77 bits per heavy atom. The summed E-state index contributed by atoms with van der Waals surface area (Å²) in [5, 5.41) is 0. The molecule has 3 heterocycles. The van der Waals surface area contributed by atoms with E-state index in [0.29, 0.717) is 6.04 Å². The summed E-state index contributed by atoms with van der Waals surface area (Å²) in [7, 11) is 0. The molecule has 2 N–H and O–H groups in total. The van der Waals surface area contributed by atoms with Crippen molar-refractivity contribution >= 4 is 18.2 Å². The summed E-state index contributed by atoms with van der Waals surface area (Å²) < 4.78 is 2.16. The molecule has 0 amide bonds. The van der Waals surface area contributed by atoms with Gasteiger partial charge < -0.3 is 5.73 Å². The van der Waals surface area contributed by atoms with E-state index in [-0.39, 0.29) is 17.8 Å². The maximum Gasteiger partial charge on any atom is 0.234 e. The summed E-state index contributed by atoms with van der Waals surface area (Å²) >= 11 is 0. The van der Waals surface area contributed by atoms with Crippen molar-refractivity contribution in [3.63, 3.8) is 0 Å². The van der Waals surface area contributed by atoms with Crippen molar-refractivity contribution in [3.8, 4) is 0 Å². The Balaban J connectivity index is 0.00000176. The number of hydrogen-bond acceptors (Lipinski definition) is 4. The highest BCUT2D eigenvalue weighted by atomic mass is 35.5. The molecule has 5 nitrogen and oxygen atoms in total. The van der Waals surface area contributed by atoms with Gasteiger partial charge in [0.2, 0.25) is 5.78 Å². The first-order valence-electron chi connectivity index (χ1n) is 7.65. The molecular formula is C16H26ClN5. The Labute approximate surface area is 138 Å². The highest BCUT2D eigenvalue weighted by Crippen LogP contribution is 2.28. The van der Waals surface area contributed by atoms with Gasteiger partial charge in [0.1, 0.15) is 0 Å².